The average molecular weight is 460 g/mol. The van der Waals surface area contributed by atoms with Gasteiger partial charge in [0.2, 0.25) is 0 Å². The number of rotatable bonds is 6. The van der Waals surface area contributed by atoms with E-state index in [0.29, 0.717) is 22.2 Å². The van der Waals surface area contributed by atoms with Gasteiger partial charge in [-0.1, -0.05) is 12.1 Å². The van der Waals surface area contributed by atoms with Crippen molar-refractivity contribution in [1.82, 2.24) is 9.88 Å². The molecule has 0 bridgehead atoms. The normalized spacial score (nSPS) is 14.8. The molecule has 5 rings (SSSR count). The molecule has 0 atom stereocenters. The lowest BCUT2D eigenvalue weighted by Gasteiger charge is -2.14. The van der Waals surface area contributed by atoms with E-state index in [2.05, 4.69) is 22.0 Å². The molecule has 7 heteroatoms. The van der Waals surface area contributed by atoms with Crippen LogP contribution in [-0.2, 0) is 11.3 Å². The predicted octanol–water partition coefficient (Wildman–Crippen LogP) is 5.49. The Morgan fingerprint density at radius 2 is 1.91 bits per heavy atom. The van der Waals surface area contributed by atoms with Crippen LogP contribution in [0.25, 0.3) is 10.9 Å². The highest BCUT2D eigenvalue weighted by atomic mass is 32.1. The zero-order valence-corrected chi connectivity index (χ0v) is 19.2. The minimum atomic E-state index is -0.425. The van der Waals surface area contributed by atoms with Crippen LogP contribution in [0.5, 0.6) is 5.88 Å². The molecule has 168 valence electrons. The summed E-state index contributed by atoms with van der Waals surface area (Å²) in [5.74, 6) is -0.409. The number of esters is 1. The molecular weight excluding hydrogens is 434 g/mol. The molecule has 0 radical (unpaired) electrons. The van der Waals surface area contributed by atoms with Gasteiger partial charge in [-0.25, -0.2) is 9.79 Å². The Labute approximate surface area is 196 Å². The second-order valence-corrected chi connectivity index (χ2v) is 9.00. The summed E-state index contributed by atoms with van der Waals surface area (Å²) in [6.07, 6.45) is 2.55. The number of likely N-dealkylation sites (tertiary alicyclic amines) is 1. The first-order valence-electron chi connectivity index (χ1n) is 11.0. The Bertz CT molecular complexity index is 1300. The van der Waals surface area contributed by atoms with Gasteiger partial charge in [0.15, 0.2) is 5.88 Å². The summed E-state index contributed by atoms with van der Waals surface area (Å²) in [5.41, 5.74) is 5.33. The van der Waals surface area contributed by atoms with Crippen LogP contribution >= 0.6 is 11.3 Å². The van der Waals surface area contributed by atoms with Crippen LogP contribution in [0.15, 0.2) is 64.3 Å². The summed E-state index contributed by atoms with van der Waals surface area (Å²) in [6, 6.07) is 15.4. The van der Waals surface area contributed by atoms with E-state index in [-0.39, 0.29) is 5.88 Å². The number of carbonyl (C=O) groups is 1. The Hall–Kier alpha value is -3.42. The number of fused-ring (bicyclic) bond motifs is 1. The highest BCUT2D eigenvalue weighted by molar-refractivity contribution is 7.08. The first-order chi connectivity index (χ1) is 16.1. The second-order valence-electron chi connectivity index (χ2n) is 8.22. The van der Waals surface area contributed by atoms with Gasteiger partial charge < -0.3 is 14.8 Å². The lowest BCUT2D eigenvalue weighted by molar-refractivity contribution is 0.0601. The maximum atomic E-state index is 12.1. The maximum Gasteiger partial charge on any atom is 0.337 e. The largest absolute Gasteiger partial charge is 0.494 e. The van der Waals surface area contributed by atoms with Crippen molar-refractivity contribution in [3.63, 3.8) is 0 Å². The monoisotopic (exact) mass is 459 g/mol. The molecule has 0 aliphatic carbocycles. The van der Waals surface area contributed by atoms with Crippen molar-refractivity contribution in [3.8, 4) is 5.88 Å². The van der Waals surface area contributed by atoms with Crippen LogP contribution in [0.4, 0.5) is 5.69 Å². The third-order valence-corrected chi connectivity index (χ3v) is 6.70. The van der Waals surface area contributed by atoms with E-state index in [0.717, 1.165) is 36.4 Å². The van der Waals surface area contributed by atoms with E-state index in [9.17, 15) is 9.90 Å². The summed E-state index contributed by atoms with van der Waals surface area (Å²) < 4.78 is 4.88. The Morgan fingerprint density at radius 3 is 2.61 bits per heavy atom. The fraction of sp³-hybridized carbons (Fsp3) is 0.231. The van der Waals surface area contributed by atoms with Gasteiger partial charge in [0.1, 0.15) is 0 Å². The van der Waals surface area contributed by atoms with Crippen LogP contribution < -0.4 is 0 Å². The van der Waals surface area contributed by atoms with E-state index < -0.39 is 5.97 Å². The molecule has 0 spiro atoms. The average Bonchev–Trinajstić information content (AvgIpc) is 3.59. The number of aromatic hydroxyl groups is 1. The number of aliphatic imine (C=N–C) groups is 1. The molecule has 4 aromatic rings. The zero-order valence-electron chi connectivity index (χ0n) is 18.4. The zero-order chi connectivity index (χ0) is 22.8. The van der Waals surface area contributed by atoms with Gasteiger partial charge in [0.05, 0.1) is 29.6 Å². The molecule has 0 saturated carbocycles. The van der Waals surface area contributed by atoms with Gasteiger partial charge in [-0.2, -0.15) is 11.3 Å². The van der Waals surface area contributed by atoms with E-state index in [1.165, 1.54) is 25.5 Å². The predicted molar refractivity (Wildman–Crippen MR) is 132 cm³/mol. The summed E-state index contributed by atoms with van der Waals surface area (Å²) in [6.45, 7) is 3.28. The van der Waals surface area contributed by atoms with Crippen molar-refractivity contribution in [2.75, 3.05) is 20.2 Å². The number of carbonyl (C=O) groups excluding carboxylic acids is 1. The Balaban J connectivity index is 1.56. The molecule has 33 heavy (non-hydrogen) atoms. The second kappa shape index (κ2) is 9.21. The summed E-state index contributed by atoms with van der Waals surface area (Å²) in [5, 5.41) is 15.5. The lowest BCUT2D eigenvalue weighted by Crippen LogP contribution is -2.18. The van der Waals surface area contributed by atoms with E-state index in [4.69, 9.17) is 9.73 Å². The first-order valence-corrected chi connectivity index (χ1v) is 11.9. The number of methoxy groups -OCH3 is 1. The van der Waals surface area contributed by atoms with Gasteiger partial charge in [-0.3, -0.25) is 4.90 Å². The number of hydrogen-bond donors (Lipinski definition) is 2. The number of hydrogen-bond acceptors (Lipinski definition) is 6. The van der Waals surface area contributed by atoms with Crippen molar-refractivity contribution in [2.45, 2.75) is 19.4 Å². The standard InChI is InChI=1S/C26H25N3O3S/c1-32-26(31)18-6-9-22-21(14-18)23(25(30)28-22)24(19-10-13-33-16-19)27-20-7-4-17(5-8-20)15-29-11-2-3-12-29/h4-10,13-14,16,28,30H,2-3,11-12,15H2,1H3. The van der Waals surface area contributed by atoms with Crippen molar-refractivity contribution in [2.24, 2.45) is 4.99 Å². The van der Waals surface area contributed by atoms with Gasteiger partial charge in [-0.05, 0) is 73.3 Å². The van der Waals surface area contributed by atoms with Gasteiger partial charge in [-0.15, -0.1) is 0 Å². The molecule has 2 aromatic heterocycles. The number of nitrogens with zero attached hydrogens (tertiary/aromatic N) is 2. The fourth-order valence-electron chi connectivity index (χ4n) is 4.33. The fourth-order valence-corrected chi connectivity index (χ4v) is 4.97. The Morgan fingerprint density at radius 1 is 1.12 bits per heavy atom. The van der Waals surface area contributed by atoms with E-state index in [1.54, 1.807) is 29.5 Å². The van der Waals surface area contributed by atoms with Crippen LogP contribution in [0.3, 0.4) is 0 Å². The number of H-pyrrole nitrogens is 1. The summed E-state index contributed by atoms with van der Waals surface area (Å²) >= 11 is 1.57. The summed E-state index contributed by atoms with van der Waals surface area (Å²) in [7, 11) is 1.35. The maximum absolute atomic E-state index is 12.1. The van der Waals surface area contributed by atoms with Crippen molar-refractivity contribution in [1.29, 1.82) is 0 Å². The molecule has 6 nitrogen and oxygen atoms in total. The highest BCUT2D eigenvalue weighted by Crippen LogP contribution is 2.33. The minimum absolute atomic E-state index is 0.0163. The van der Waals surface area contributed by atoms with E-state index in [1.807, 2.05) is 29.0 Å². The molecule has 2 N–H and O–H groups in total. The molecule has 1 aliphatic heterocycles. The topological polar surface area (TPSA) is 77.9 Å². The van der Waals surface area contributed by atoms with Gasteiger partial charge in [0, 0.05) is 28.4 Å². The third kappa shape index (κ3) is 4.42. The molecular formula is C26H25N3O3S. The molecule has 2 aromatic carbocycles. The SMILES string of the molecule is COC(=O)c1ccc2[nH]c(O)c(C(=Nc3ccc(CN4CCCC4)cc3)c3ccsc3)c2c1. The van der Waals surface area contributed by atoms with E-state index >= 15 is 0 Å². The molecule has 1 fully saturated rings. The number of thiophene rings is 1. The van der Waals surface area contributed by atoms with Gasteiger partial charge in [0.25, 0.3) is 0 Å². The van der Waals surface area contributed by atoms with Crippen molar-refractivity contribution in [3.05, 3.63) is 81.5 Å². The summed E-state index contributed by atoms with van der Waals surface area (Å²) in [4.78, 5) is 22.5. The molecule has 3 heterocycles. The van der Waals surface area contributed by atoms with Crippen molar-refractivity contribution >= 4 is 39.6 Å². The third-order valence-electron chi connectivity index (χ3n) is 6.01. The minimum Gasteiger partial charge on any atom is -0.494 e. The van der Waals surface area contributed by atoms with Crippen LogP contribution in [0, 0.1) is 0 Å². The number of aromatic amines is 1. The highest BCUT2D eigenvalue weighted by Gasteiger charge is 2.20. The Kier molecular flexibility index (Phi) is 5.98. The number of benzene rings is 2. The lowest BCUT2D eigenvalue weighted by atomic mass is 10.0. The van der Waals surface area contributed by atoms with Crippen LogP contribution in [0.2, 0.25) is 0 Å². The number of ether oxygens (including phenoxy) is 1. The van der Waals surface area contributed by atoms with Crippen LogP contribution in [-0.4, -0.2) is 46.9 Å². The van der Waals surface area contributed by atoms with Crippen LogP contribution in [0.1, 0.15) is 39.9 Å². The molecule has 0 amide bonds. The number of aromatic nitrogens is 1. The molecule has 1 saturated heterocycles. The first kappa shape index (κ1) is 21.4. The smallest absolute Gasteiger partial charge is 0.337 e. The number of nitrogens with one attached hydrogen (secondary N) is 1. The van der Waals surface area contributed by atoms with Crippen molar-refractivity contribution < 1.29 is 14.6 Å². The molecule has 1 aliphatic rings. The molecule has 0 unspecified atom stereocenters. The van der Waals surface area contributed by atoms with Gasteiger partial charge >= 0.3 is 5.97 Å². The quantitative estimate of drug-likeness (QED) is 0.295.